The first-order valence-corrected chi connectivity index (χ1v) is 8.30. The maximum atomic E-state index is 13.1. The number of Topliss-reactive ketones (excluding diaryl/α,β-unsaturated/α-hetero) is 1. The molecule has 23 heavy (non-hydrogen) atoms. The fourth-order valence-electron chi connectivity index (χ4n) is 3.28. The van der Waals surface area contributed by atoms with Crippen LogP contribution in [0.4, 0.5) is 0 Å². The Morgan fingerprint density at radius 1 is 0.913 bits per heavy atom. The van der Waals surface area contributed by atoms with E-state index in [1.165, 1.54) is 6.42 Å². The van der Waals surface area contributed by atoms with E-state index in [4.69, 9.17) is 0 Å². The highest BCUT2D eigenvalue weighted by atomic mass is 16.3. The van der Waals surface area contributed by atoms with Crippen LogP contribution in [-0.2, 0) is 5.60 Å². The van der Waals surface area contributed by atoms with Crippen LogP contribution in [0.3, 0.4) is 0 Å². The van der Waals surface area contributed by atoms with E-state index in [0.717, 1.165) is 25.9 Å². The topological polar surface area (TPSA) is 40.5 Å². The zero-order valence-corrected chi connectivity index (χ0v) is 13.3. The molecule has 120 valence electrons. The molecule has 0 unspecified atom stereocenters. The second-order valence-electron chi connectivity index (χ2n) is 6.26. The van der Waals surface area contributed by atoms with Crippen LogP contribution in [0.15, 0.2) is 60.7 Å². The number of ketones is 1. The molecule has 1 N–H and O–H groups in total. The molecule has 1 fully saturated rings. The Labute approximate surface area is 137 Å². The Bertz CT molecular complexity index is 635. The van der Waals surface area contributed by atoms with Gasteiger partial charge in [-0.15, -0.1) is 0 Å². The van der Waals surface area contributed by atoms with Gasteiger partial charge in [0.25, 0.3) is 0 Å². The standard InChI is InChI=1S/C20H23NO2/c22-19(17-10-4-1-5-11-17)20(23,18-12-6-2-7-13-18)16-21-14-8-3-9-15-21/h1-2,4-7,10-13,23H,3,8-9,14-16H2/t20-/m1/s1. The molecule has 0 aromatic heterocycles. The van der Waals surface area contributed by atoms with Crippen LogP contribution >= 0.6 is 0 Å². The van der Waals surface area contributed by atoms with Crippen LogP contribution in [0, 0.1) is 0 Å². The summed E-state index contributed by atoms with van der Waals surface area (Å²) in [5.74, 6) is -0.227. The molecule has 1 heterocycles. The smallest absolute Gasteiger partial charge is 0.200 e. The maximum Gasteiger partial charge on any atom is 0.200 e. The molecule has 0 spiro atoms. The lowest BCUT2D eigenvalue weighted by atomic mass is 9.85. The van der Waals surface area contributed by atoms with E-state index in [0.29, 0.717) is 17.7 Å². The summed E-state index contributed by atoms with van der Waals surface area (Å²) >= 11 is 0. The molecule has 3 heteroatoms. The predicted molar refractivity (Wildman–Crippen MR) is 91.4 cm³/mol. The van der Waals surface area contributed by atoms with E-state index in [2.05, 4.69) is 4.90 Å². The van der Waals surface area contributed by atoms with Crippen molar-refractivity contribution in [3.8, 4) is 0 Å². The quantitative estimate of drug-likeness (QED) is 0.862. The van der Waals surface area contributed by atoms with Crippen LogP contribution in [0.5, 0.6) is 0 Å². The number of benzene rings is 2. The van der Waals surface area contributed by atoms with Crippen molar-refractivity contribution in [2.24, 2.45) is 0 Å². The minimum Gasteiger partial charge on any atom is -0.376 e. The summed E-state index contributed by atoms with van der Waals surface area (Å²) in [6, 6.07) is 18.4. The van der Waals surface area contributed by atoms with Crippen LogP contribution < -0.4 is 0 Å². The van der Waals surface area contributed by atoms with Gasteiger partial charge in [0, 0.05) is 12.1 Å². The number of nitrogens with zero attached hydrogens (tertiary/aromatic N) is 1. The molecule has 3 nitrogen and oxygen atoms in total. The van der Waals surface area contributed by atoms with E-state index in [1.807, 2.05) is 48.5 Å². The minimum atomic E-state index is -1.50. The summed E-state index contributed by atoms with van der Waals surface area (Å²) < 4.78 is 0. The number of hydrogen-bond donors (Lipinski definition) is 1. The van der Waals surface area contributed by atoms with Gasteiger partial charge in [0.05, 0.1) is 0 Å². The van der Waals surface area contributed by atoms with Gasteiger partial charge in [-0.1, -0.05) is 67.1 Å². The lowest BCUT2D eigenvalue weighted by Crippen LogP contribution is -2.48. The lowest BCUT2D eigenvalue weighted by Gasteiger charge is -2.35. The van der Waals surface area contributed by atoms with Crippen molar-refractivity contribution in [2.75, 3.05) is 19.6 Å². The van der Waals surface area contributed by atoms with Crippen molar-refractivity contribution in [1.29, 1.82) is 0 Å². The minimum absolute atomic E-state index is 0.227. The van der Waals surface area contributed by atoms with Crippen LogP contribution in [0.2, 0.25) is 0 Å². The number of β-amino-alcohol motifs (C(OH)–C–C–N with tert-alkyl or cyclic N) is 1. The third-order valence-corrected chi connectivity index (χ3v) is 4.56. The van der Waals surface area contributed by atoms with Crippen molar-refractivity contribution < 1.29 is 9.90 Å². The highest BCUT2D eigenvalue weighted by molar-refractivity contribution is 6.03. The first-order chi connectivity index (χ1) is 11.2. The summed E-state index contributed by atoms with van der Waals surface area (Å²) in [6.07, 6.45) is 3.49. The molecular formula is C20H23NO2. The van der Waals surface area contributed by atoms with Crippen LogP contribution in [-0.4, -0.2) is 35.4 Å². The molecule has 1 aliphatic rings. The van der Waals surface area contributed by atoms with Gasteiger partial charge >= 0.3 is 0 Å². The molecule has 1 saturated heterocycles. The summed E-state index contributed by atoms with van der Waals surface area (Å²) in [5, 5.41) is 11.4. The summed E-state index contributed by atoms with van der Waals surface area (Å²) in [5.41, 5.74) is -0.282. The predicted octanol–water partition coefficient (Wildman–Crippen LogP) is 3.24. The van der Waals surface area contributed by atoms with Gasteiger partial charge in [-0.2, -0.15) is 0 Å². The number of aliphatic hydroxyl groups is 1. The first-order valence-electron chi connectivity index (χ1n) is 8.30. The van der Waals surface area contributed by atoms with Crippen molar-refractivity contribution >= 4 is 5.78 Å². The summed E-state index contributed by atoms with van der Waals surface area (Å²) in [4.78, 5) is 15.3. The zero-order valence-electron chi connectivity index (χ0n) is 13.3. The molecule has 3 rings (SSSR count). The van der Waals surface area contributed by atoms with Gasteiger partial charge in [0.1, 0.15) is 0 Å². The van der Waals surface area contributed by atoms with E-state index >= 15 is 0 Å². The molecule has 0 amide bonds. The van der Waals surface area contributed by atoms with Crippen molar-refractivity contribution in [2.45, 2.75) is 24.9 Å². The molecule has 0 bridgehead atoms. The van der Waals surface area contributed by atoms with E-state index in [1.54, 1.807) is 12.1 Å². The molecule has 0 radical (unpaired) electrons. The molecular weight excluding hydrogens is 286 g/mol. The highest BCUT2D eigenvalue weighted by Crippen LogP contribution is 2.28. The average Bonchev–Trinajstić information content (AvgIpc) is 2.63. The number of piperidine rings is 1. The molecule has 2 aromatic carbocycles. The molecule has 1 atom stereocenters. The first kappa shape index (κ1) is 15.9. The SMILES string of the molecule is O=C(c1ccccc1)[C@@](O)(CN1CCCCC1)c1ccccc1. The number of rotatable bonds is 5. The summed E-state index contributed by atoms with van der Waals surface area (Å²) in [7, 11) is 0. The average molecular weight is 309 g/mol. The Balaban J connectivity index is 1.94. The third kappa shape index (κ3) is 3.52. The summed E-state index contributed by atoms with van der Waals surface area (Å²) in [6.45, 7) is 2.24. The van der Waals surface area contributed by atoms with E-state index in [9.17, 15) is 9.90 Å². The number of likely N-dealkylation sites (tertiary alicyclic amines) is 1. The maximum absolute atomic E-state index is 13.1. The van der Waals surface area contributed by atoms with Gasteiger partial charge in [-0.25, -0.2) is 0 Å². The Morgan fingerprint density at radius 3 is 2.09 bits per heavy atom. The van der Waals surface area contributed by atoms with E-state index < -0.39 is 5.60 Å². The molecule has 0 saturated carbocycles. The number of carbonyl (C=O) groups is 1. The largest absolute Gasteiger partial charge is 0.376 e. The Morgan fingerprint density at radius 2 is 1.48 bits per heavy atom. The Hall–Kier alpha value is -1.97. The van der Waals surface area contributed by atoms with Crippen molar-refractivity contribution in [3.05, 3.63) is 71.8 Å². The monoisotopic (exact) mass is 309 g/mol. The fourth-order valence-corrected chi connectivity index (χ4v) is 3.28. The number of carbonyl (C=O) groups excluding carboxylic acids is 1. The molecule has 0 aliphatic carbocycles. The zero-order chi connectivity index (χ0) is 16.1. The highest BCUT2D eigenvalue weighted by Gasteiger charge is 2.40. The molecule has 2 aromatic rings. The van der Waals surface area contributed by atoms with Crippen molar-refractivity contribution in [1.82, 2.24) is 4.90 Å². The molecule has 1 aliphatic heterocycles. The fraction of sp³-hybridized carbons (Fsp3) is 0.350. The van der Waals surface area contributed by atoms with Crippen molar-refractivity contribution in [3.63, 3.8) is 0 Å². The van der Waals surface area contributed by atoms with Gasteiger partial charge in [0.15, 0.2) is 11.4 Å². The Kier molecular flexibility index (Phi) is 4.89. The van der Waals surface area contributed by atoms with Crippen LogP contribution in [0.1, 0.15) is 35.2 Å². The lowest BCUT2D eigenvalue weighted by molar-refractivity contribution is 0.00459. The van der Waals surface area contributed by atoms with Gasteiger partial charge in [-0.05, 0) is 31.5 Å². The van der Waals surface area contributed by atoms with Gasteiger partial charge in [-0.3, -0.25) is 9.69 Å². The second-order valence-corrected chi connectivity index (χ2v) is 6.26. The number of hydrogen-bond acceptors (Lipinski definition) is 3. The third-order valence-electron chi connectivity index (χ3n) is 4.56. The second kappa shape index (κ2) is 7.07. The van der Waals surface area contributed by atoms with Gasteiger partial charge < -0.3 is 5.11 Å². The van der Waals surface area contributed by atoms with Gasteiger partial charge in [0.2, 0.25) is 0 Å². The van der Waals surface area contributed by atoms with E-state index in [-0.39, 0.29) is 5.78 Å². The normalized spacial score (nSPS) is 18.3. The van der Waals surface area contributed by atoms with Crippen LogP contribution in [0.25, 0.3) is 0 Å².